The summed E-state index contributed by atoms with van der Waals surface area (Å²) in [4.78, 5) is 13.1. The van der Waals surface area contributed by atoms with Crippen LogP contribution in [0.2, 0.25) is 5.02 Å². The van der Waals surface area contributed by atoms with Crippen LogP contribution in [0.25, 0.3) is 11.1 Å². The lowest BCUT2D eigenvalue weighted by atomic mass is 9.97. The van der Waals surface area contributed by atoms with Gasteiger partial charge < -0.3 is 19.7 Å². The van der Waals surface area contributed by atoms with Crippen molar-refractivity contribution in [2.75, 3.05) is 13.7 Å². The molecule has 1 atom stereocenters. The van der Waals surface area contributed by atoms with Gasteiger partial charge in [-0.2, -0.15) is 5.26 Å². The van der Waals surface area contributed by atoms with Crippen LogP contribution in [-0.2, 0) is 24.6 Å². The third-order valence-corrected chi connectivity index (χ3v) is 7.26. The van der Waals surface area contributed by atoms with Gasteiger partial charge in [-0.05, 0) is 60.0 Å². The van der Waals surface area contributed by atoms with Crippen LogP contribution in [0.4, 0.5) is 0 Å². The Morgan fingerprint density at radius 1 is 0.976 bits per heavy atom. The number of carboxylic acids is 1. The number of likely N-dealkylation sites (N-methyl/N-ethyl adjacent to an activating group) is 1. The summed E-state index contributed by atoms with van der Waals surface area (Å²) in [6.07, 6.45) is 0. The van der Waals surface area contributed by atoms with E-state index in [1.807, 2.05) is 36.4 Å². The smallest absolute Gasteiger partial charge is 0.323 e. The molecule has 0 bridgehead atoms. The lowest BCUT2D eigenvalue weighted by molar-refractivity contribution is -0.144. The number of nitrogens with zero attached hydrogens (tertiary/aromatic N) is 2. The summed E-state index contributed by atoms with van der Waals surface area (Å²) >= 11 is 6.84. The molecule has 2 N–H and O–H groups in total. The fourth-order valence-corrected chi connectivity index (χ4v) is 4.86. The predicted molar refractivity (Wildman–Crippen MR) is 158 cm³/mol. The largest absolute Gasteiger partial charge is 0.487 e. The van der Waals surface area contributed by atoms with Crippen LogP contribution in [0, 0.1) is 18.3 Å². The summed E-state index contributed by atoms with van der Waals surface area (Å²) in [5.41, 5.74) is 6.27. The Morgan fingerprint density at radius 3 is 2.44 bits per heavy atom. The minimum Gasteiger partial charge on any atom is -0.487 e. The number of hydrogen-bond donors (Lipinski definition) is 2. The van der Waals surface area contributed by atoms with Gasteiger partial charge in [0.1, 0.15) is 35.8 Å². The first-order valence-electron chi connectivity index (χ1n) is 13.1. The molecule has 210 valence electrons. The molecule has 41 heavy (non-hydrogen) atoms. The molecule has 4 aromatic rings. The third-order valence-electron chi connectivity index (χ3n) is 6.91. The number of carboxylic acid groups (broad SMARTS) is 1. The van der Waals surface area contributed by atoms with Crippen molar-refractivity contribution < 1.29 is 24.5 Å². The second-order valence-electron chi connectivity index (χ2n) is 9.66. The summed E-state index contributed by atoms with van der Waals surface area (Å²) < 4.78 is 12.4. The molecule has 4 aromatic carbocycles. The van der Waals surface area contributed by atoms with E-state index < -0.39 is 18.6 Å². The monoisotopic (exact) mass is 570 g/mol. The van der Waals surface area contributed by atoms with E-state index in [-0.39, 0.29) is 24.8 Å². The van der Waals surface area contributed by atoms with E-state index in [1.54, 1.807) is 37.4 Å². The van der Waals surface area contributed by atoms with Crippen LogP contribution < -0.4 is 9.47 Å². The Kier molecular flexibility index (Phi) is 9.99. The van der Waals surface area contributed by atoms with E-state index in [0.29, 0.717) is 22.6 Å². The number of aliphatic hydroxyl groups excluding tert-OH is 1. The summed E-state index contributed by atoms with van der Waals surface area (Å²) in [5, 5.41) is 28.6. The zero-order valence-corrected chi connectivity index (χ0v) is 23.6. The van der Waals surface area contributed by atoms with Gasteiger partial charge in [0.15, 0.2) is 0 Å². The molecular formula is C33H31ClN2O5. The summed E-state index contributed by atoms with van der Waals surface area (Å²) in [7, 11) is 1.61. The van der Waals surface area contributed by atoms with Crippen LogP contribution >= 0.6 is 11.6 Å². The second kappa shape index (κ2) is 13.8. The molecule has 0 amide bonds. The molecular weight excluding hydrogens is 540 g/mol. The van der Waals surface area contributed by atoms with Crippen molar-refractivity contribution in [2.24, 2.45) is 0 Å². The quantitative estimate of drug-likeness (QED) is 0.208. The number of benzene rings is 4. The van der Waals surface area contributed by atoms with Crippen molar-refractivity contribution in [3.63, 3.8) is 0 Å². The van der Waals surface area contributed by atoms with E-state index in [4.69, 9.17) is 21.1 Å². The molecule has 0 radical (unpaired) electrons. The standard InChI is InChI=1S/C33H31ClN2O5/c1-22-27(12-7-13-28(22)25-10-4-3-5-11-25)21-40-30-15-14-26(18-36(2)29(19-37)33(38)39)32(31(30)34)41-20-24-9-6-8-23(16-24)17-35/h3-16,29,37H,18-21H2,1-2H3,(H,38,39). The number of aliphatic carboxylic acids is 1. The molecule has 7 nitrogen and oxygen atoms in total. The molecule has 0 aliphatic rings. The number of hydrogen-bond acceptors (Lipinski definition) is 6. The van der Waals surface area contributed by atoms with Crippen molar-refractivity contribution in [2.45, 2.75) is 32.7 Å². The van der Waals surface area contributed by atoms with E-state index >= 15 is 0 Å². The van der Waals surface area contributed by atoms with Crippen LogP contribution in [0.15, 0.2) is 84.9 Å². The van der Waals surface area contributed by atoms with E-state index in [9.17, 15) is 20.3 Å². The number of rotatable bonds is 12. The van der Waals surface area contributed by atoms with Crippen molar-refractivity contribution in [3.8, 4) is 28.7 Å². The molecule has 0 saturated carbocycles. The Hall–Kier alpha value is -4.35. The van der Waals surface area contributed by atoms with E-state index in [2.05, 4.69) is 31.2 Å². The molecule has 0 spiro atoms. The predicted octanol–water partition coefficient (Wildman–Crippen LogP) is 6.22. The van der Waals surface area contributed by atoms with Crippen molar-refractivity contribution in [3.05, 3.63) is 118 Å². The highest BCUT2D eigenvalue weighted by molar-refractivity contribution is 6.33. The molecule has 0 saturated heterocycles. The van der Waals surface area contributed by atoms with Gasteiger partial charge in [0, 0.05) is 12.1 Å². The minimum absolute atomic E-state index is 0.135. The van der Waals surface area contributed by atoms with Gasteiger partial charge in [-0.3, -0.25) is 9.69 Å². The molecule has 0 heterocycles. The highest BCUT2D eigenvalue weighted by atomic mass is 35.5. The maximum absolute atomic E-state index is 11.6. The number of ether oxygens (including phenoxy) is 2. The Labute approximate surface area is 244 Å². The molecule has 8 heteroatoms. The van der Waals surface area contributed by atoms with Crippen LogP contribution in [-0.4, -0.2) is 40.8 Å². The van der Waals surface area contributed by atoms with Crippen LogP contribution in [0.3, 0.4) is 0 Å². The first-order chi connectivity index (χ1) is 19.8. The third kappa shape index (κ3) is 7.24. The number of carbonyl (C=O) groups is 1. The fraction of sp³-hybridized carbons (Fsp3) is 0.212. The average Bonchev–Trinajstić information content (AvgIpc) is 2.98. The van der Waals surface area contributed by atoms with Crippen molar-refractivity contribution >= 4 is 17.6 Å². The van der Waals surface area contributed by atoms with E-state index in [0.717, 1.165) is 27.8 Å². The molecule has 0 aromatic heterocycles. The molecule has 0 aliphatic heterocycles. The van der Waals surface area contributed by atoms with Gasteiger partial charge in [-0.25, -0.2) is 0 Å². The first-order valence-corrected chi connectivity index (χ1v) is 13.4. The highest BCUT2D eigenvalue weighted by Gasteiger charge is 2.24. The number of halogens is 1. The van der Waals surface area contributed by atoms with Gasteiger partial charge in [0.25, 0.3) is 0 Å². The SMILES string of the molecule is Cc1c(COc2ccc(CN(C)C(CO)C(=O)O)c(OCc3cccc(C#N)c3)c2Cl)cccc1-c1ccccc1. The van der Waals surface area contributed by atoms with Crippen molar-refractivity contribution in [1.29, 1.82) is 5.26 Å². The summed E-state index contributed by atoms with van der Waals surface area (Å²) in [6, 6.07) is 27.8. The Morgan fingerprint density at radius 2 is 1.73 bits per heavy atom. The second-order valence-corrected chi connectivity index (χ2v) is 10.0. The topological polar surface area (TPSA) is 103 Å². The van der Waals surface area contributed by atoms with Crippen LogP contribution in [0.1, 0.15) is 27.8 Å². The minimum atomic E-state index is -1.13. The Balaban J connectivity index is 1.61. The lowest BCUT2D eigenvalue weighted by Gasteiger charge is -2.25. The zero-order valence-electron chi connectivity index (χ0n) is 22.9. The van der Waals surface area contributed by atoms with E-state index in [1.165, 1.54) is 4.90 Å². The number of aliphatic hydroxyl groups is 1. The van der Waals surface area contributed by atoms with Gasteiger partial charge in [-0.1, -0.05) is 78.3 Å². The molecule has 0 fully saturated rings. The summed E-state index contributed by atoms with van der Waals surface area (Å²) in [6.45, 7) is 2.09. The highest BCUT2D eigenvalue weighted by Crippen LogP contribution is 2.39. The van der Waals surface area contributed by atoms with Crippen molar-refractivity contribution in [1.82, 2.24) is 4.90 Å². The summed E-state index contributed by atoms with van der Waals surface area (Å²) in [5.74, 6) is -0.375. The van der Waals surface area contributed by atoms with Gasteiger partial charge in [0.2, 0.25) is 0 Å². The Bertz CT molecular complexity index is 1550. The van der Waals surface area contributed by atoms with Gasteiger partial charge >= 0.3 is 5.97 Å². The first kappa shape index (κ1) is 29.6. The van der Waals surface area contributed by atoms with Gasteiger partial charge in [0.05, 0.1) is 18.2 Å². The zero-order chi connectivity index (χ0) is 29.4. The normalized spacial score (nSPS) is 11.6. The molecule has 4 rings (SSSR count). The fourth-order valence-electron chi connectivity index (χ4n) is 4.57. The number of nitriles is 1. The maximum Gasteiger partial charge on any atom is 0.323 e. The average molecular weight is 571 g/mol. The molecule has 0 aliphatic carbocycles. The lowest BCUT2D eigenvalue weighted by Crippen LogP contribution is -2.40. The van der Waals surface area contributed by atoms with Gasteiger partial charge in [-0.15, -0.1) is 0 Å². The maximum atomic E-state index is 11.6. The van der Waals surface area contributed by atoms with Crippen LogP contribution in [0.5, 0.6) is 11.5 Å². The molecule has 1 unspecified atom stereocenters.